The summed E-state index contributed by atoms with van der Waals surface area (Å²) in [5.41, 5.74) is 5.70. The fourth-order valence-electron chi connectivity index (χ4n) is 4.66. The van der Waals surface area contributed by atoms with Gasteiger partial charge in [0.2, 0.25) is 0 Å². The normalized spacial score (nSPS) is 14.1. The van der Waals surface area contributed by atoms with Gasteiger partial charge in [-0.15, -0.1) is 0 Å². The van der Waals surface area contributed by atoms with E-state index in [0.717, 1.165) is 11.3 Å². The molecule has 146 valence electrons. The zero-order chi connectivity index (χ0) is 22.3. The molecule has 0 saturated heterocycles. The third-order valence-corrected chi connectivity index (χ3v) is 5.80. The highest BCUT2D eigenvalue weighted by atomic mass is 14.9. The number of para-hydroxylation sites is 2. The van der Waals surface area contributed by atoms with Crippen LogP contribution in [0, 0.1) is 5.41 Å². The zero-order valence-electron chi connectivity index (χ0n) is 19.4. The van der Waals surface area contributed by atoms with Crippen LogP contribution in [0.25, 0.3) is 49.4 Å². The van der Waals surface area contributed by atoms with Gasteiger partial charge in [0.1, 0.15) is 0 Å². The summed E-state index contributed by atoms with van der Waals surface area (Å²) in [5, 5.41) is 5.02. The lowest BCUT2D eigenvalue weighted by atomic mass is 9.89. The Hall–Kier alpha value is -3.39. The topological polar surface area (TPSA) is 17.3 Å². The molecule has 6 rings (SSSR count). The van der Waals surface area contributed by atoms with Gasteiger partial charge in [0, 0.05) is 36.0 Å². The lowest BCUT2D eigenvalue weighted by molar-refractivity contribution is 0.411. The van der Waals surface area contributed by atoms with Crippen LogP contribution in [0.1, 0.15) is 29.1 Å². The molecule has 0 spiro atoms. The average molecular weight is 391 g/mol. The van der Waals surface area contributed by atoms with Gasteiger partial charge in [-0.3, -0.25) is 4.98 Å². The van der Waals surface area contributed by atoms with E-state index in [1.807, 2.05) is 32.9 Å². The van der Waals surface area contributed by atoms with Gasteiger partial charge >= 0.3 is 0 Å². The van der Waals surface area contributed by atoms with Crippen LogP contribution in [0.5, 0.6) is 0 Å². The van der Waals surface area contributed by atoms with Crippen molar-refractivity contribution < 1.29 is 2.74 Å². The number of hydrogen-bond acceptors (Lipinski definition) is 1. The maximum atomic E-state index is 8.50. The number of hydrogen-bond donors (Lipinski definition) is 0. The Kier molecular flexibility index (Phi) is 3.12. The molecule has 3 aromatic carbocycles. The first-order valence-electron chi connectivity index (χ1n) is 11.4. The second-order valence-corrected chi connectivity index (χ2v) is 9.09. The van der Waals surface area contributed by atoms with Crippen molar-refractivity contribution in [3.8, 4) is 11.3 Å². The summed E-state index contributed by atoms with van der Waals surface area (Å²) >= 11 is 0. The Morgan fingerprint density at radius 3 is 2.30 bits per heavy atom. The molecule has 3 heterocycles. The highest BCUT2D eigenvalue weighted by molar-refractivity contribution is 6.23. The second kappa shape index (κ2) is 6.06. The minimum Gasteiger partial charge on any atom is -0.308 e. The van der Waals surface area contributed by atoms with Crippen LogP contribution in [0.15, 0.2) is 79.0 Å². The smallest absolute Gasteiger partial charge is 0.0702 e. The zero-order valence-corrected chi connectivity index (χ0v) is 17.4. The molecule has 0 fully saturated rings. The molecule has 3 aromatic heterocycles. The predicted molar refractivity (Wildman–Crippen MR) is 127 cm³/mol. The fourth-order valence-corrected chi connectivity index (χ4v) is 4.66. The molecule has 30 heavy (non-hydrogen) atoms. The summed E-state index contributed by atoms with van der Waals surface area (Å²) in [6.07, 6.45) is 0.238. The van der Waals surface area contributed by atoms with Crippen LogP contribution in [0.3, 0.4) is 0 Å². The van der Waals surface area contributed by atoms with Crippen molar-refractivity contribution in [2.24, 2.45) is 5.41 Å². The van der Waals surface area contributed by atoms with Crippen molar-refractivity contribution in [1.29, 1.82) is 0 Å². The van der Waals surface area contributed by atoms with Crippen molar-refractivity contribution in [3.63, 3.8) is 0 Å². The minimum absolute atomic E-state index is 0.501. The number of benzene rings is 3. The van der Waals surface area contributed by atoms with E-state index in [4.69, 9.17) is 2.74 Å². The summed E-state index contributed by atoms with van der Waals surface area (Å²) in [6, 6.07) is 25.4. The van der Waals surface area contributed by atoms with Crippen molar-refractivity contribution in [2.75, 3.05) is 0 Å². The molecule has 2 heteroatoms. The van der Waals surface area contributed by atoms with Gasteiger partial charge in [0.05, 0.1) is 22.2 Å². The fraction of sp³-hybridized carbons (Fsp3) is 0.179. The number of rotatable bonds is 2. The van der Waals surface area contributed by atoms with Crippen molar-refractivity contribution >= 4 is 38.1 Å². The number of pyridine rings is 1. The molecule has 0 amide bonds. The third kappa shape index (κ3) is 2.53. The molecule has 0 atom stereocenters. The summed E-state index contributed by atoms with van der Waals surface area (Å²) in [7, 11) is 0. The first kappa shape index (κ1) is 15.4. The first-order chi connectivity index (χ1) is 15.3. The maximum Gasteiger partial charge on any atom is 0.0702 e. The highest BCUT2D eigenvalue weighted by Crippen LogP contribution is 2.39. The molecule has 0 N–H and O–H groups in total. The number of nitrogens with zero attached hydrogens (tertiary/aromatic N) is 2. The first-order valence-corrected chi connectivity index (χ1v) is 10.4. The van der Waals surface area contributed by atoms with E-state index in [1.165, 1.54) is 38.1 Å². The van der Waals surface area contributed by atoms with E-state index in [9.17, 15) is 0 Å². The molecule has 6 aromatic rings. The highest BCUT2D eigenvalue weighted by Gasteiger charge is 2.17. The molecular formula is C28H24N2. The lowest BCUT2D eigenvalue weighted by Gasteiger charge is -2.17. The minimum atomic E-state index is -1.45. The molecule has 0 saturated carbocycles. The van der Waals surface area contributed by atoms with Gasteiger partial charge in [-0.2, -0.15) is 0 Å². The van der Waals surface area contributed by atoms with Crippen molar-refractivity contribution in [1.82, 2.24) is 9.38 Å². The monoisotopic (exact) mass is 390 g/mol. The quantitative estimate of drug-likeness (QED) is 0.299. The molecule has 0 bridgehead atoms. The van der Waals surface area contributed by atoms with Gasteiger partial charge < -0.3 is 4.40 Å². The molecule has 0 unspecified atom stereocenters. The van der Waals surface area contributed by atoms with Gasteiger partial charge in [-0.05, 0) is 41.6 Å². The van der Waals surface area contributed by atoms with Crippen LogP contribution >= 0.6 is 0 Å². The van der Waals surface area contributed by atoms with Crippen molar-refractivity contribution in [2.45, 2.75) is 27.1 Å². The Labute approximate surface area is 178 Å². The Bertz CT molecular complexity index is 1620. The molecule has 0 aliphatic carbocycles. The van der Waals surface area contributed by atoms with Gasteiger partial charge in [0.25, 0.3) is 0 Å². The van der Waals surface area contributed by atoms with Crippen LogP contribution in [-0.4, -0.2) is 9.38 Å². The molecular weight excluding hydrogens is 364 g/mol. The second-order valence-electron chi connectivity index (χ2n) is 9.09. The Balaban J connectivity index is 1.54. The number of fused-ring (bicyclic) bond motifs is 6. The molecule has 2 nitrogen and oxygen atoms in total. The van der Waals surface area contributed by atoms with Crippen molar-refractivity contribution in [3.05, 3.63) is 84.6 Å². The third-order valence-electron chi connectivity index (χ3n) is 5.80. The Morgan fingerprint density at radius 1 is 0.800 bits per heavy atom. The molecule has 0 aliphatic heterocycles. The van der Waals surface area contributed by atoms with Gasteiger partial charge in [0.15, 0.2) is 0 Å². The summed E-state index contributed by atoms with van der Waals surface area (Å²) < 4.78 is 19.4. The van der Waals surface area contributed by atoms with E-state index >= 15 is 0 Å². The van der Waals surface area contributed by atoms with E-state index in [0.29, 0.717) is 5.56 Å². The van der Waals surface area contributed by atoms with Gasteiger partial charge in [-0.1, -0.05) is 69.3 Å². The Morgan fingerprint density at radius 2 is 1.53 bits per heavy atom. The van der Waals surface area contributed by atoms with E-state index < -0.39 is 11.8 Å². The maximum absolute atomic E-state index is 8.50. The van der Waals surface area contributed by atoms with E-state index in [-0.39, 0.29) is 0 Å². The summed E-state index contributed by atoms with van der Waals surface area (Å²) in [5.74, 6) is 0. The van der Waals surface area contributed by atoms with E-state index in [2.05, 4.69) is 70.0 Å². The summed E-state index contributed by atoms with van der Waals surface area (Å²) in [6.45, 7) is 5.75. The summed E-state index contributed by atoms with van der Waals surface area (Å²) in [4.78, 5) is 4.64. The number of aromatic nitrogens is 2. The van der Waals surface area contributed by atoms with Crippen LogP contribution in [0.4, 0.5) is 0 Å². The molecule has 0 radical (unpaired) electrons. The largest absolute Gasteiger partial charge is 0.308 e. The molecule has 0 aliphatic rings. The van der Waals surface area contributed by atoms with Crippen LogP contribution in [0.2, 0.25) is 0 Å². The van der Waals surface area contributed by atoms with E-state index in [1.54, 1.807) is 6.20 Å². The average Bonchev–Trinajstić information content (AvgIpc) is 3.30. The van der Waals surface area contributed by atoms with Gasteiger partial charge in [-0.25, -0.2) is 0 Å². The predicted octanol–water partition coefficient (Wildman–Crippen LogP) is 7.49. The van der Waals surface area contributed by atoms with Crippen LogP contribution in [-0.2, 0) is 6.37 Å². The van der Waals surface area contributed by atoms with Crippen LogP contribution < -0.4 is 0 Å². The standard InChI is InChI=1S/C28H24N2/c1-28(2,3)16-18-11-13-24(29-17-18)19-12-14-26-23(15-19)22-9-6-8-21-20-7-4-5-10-25(20)30(26)27(21)22/h4-15,17H,16H2,1-3H3/i16D2. The SMILES string of the molecule is [2H]C([2H])(c1ccc(-c2ccc3c(c2)c2cccc4c5ccccc5n3c42)nc1)C(C)(C)C. The lowest BCUT2D eigenvalue weighted by Crippen LogP contribution is -2.09.